The molecule has 0 aliphatic carbocycles. The second-order valence-corrected chi connectivity index (χ2v) is 3.06. The van der Waals surface area contributed by atoms with Crippen molar-refractivity contribution in [2.24, 2.45) is 0 Å². The van der Waals surface area contributed by atoms with Gasteiger partial charge in [-0.05, 0) is 6.42 Å². The first kappa shape index (κ1) is 8.44. The van der Waals surface area contributed by atoms with Crippen molar-refractivity contribution >= 4 is 0 Å². The van der Waals surface area contributed by atoms with Gasteiger partial charge in [-0.3, -0.25) is 0 Å². The van der Waals surface area contributed by atoms with Crippen LogP contribution in [0.5, 0.6) is 0 Å². The lowest BCUT2D eigenvalue weighted by atomic mass is 10.0. The second-order valence-electron chi connectivity index (χ2n) is 3.06. The zero-order valence-corrected chi connectivity index (χ0v) is 7.19. The molecule has 0 N–H and O–H groups in total. The van der Waals surface area contributed by atoms with Crippen molar-refractivity contribution in [1.29, 1.82) is 0 Å². The smallest absolute Gasteiger partial charge is 0.147 e. The van der Waals surface area contributed by atoms with Crippen molar-refractivity contribution in [1.82, 2.24) is 0 Å². The van der Waals surface area contributed by atoms with Crippen LogP contribution in [0.1, 0.15) is 13.3 Å². The molecular weight excluding hydrogens is 160 g/mol. The van der Waals surface area contributed by atoms with E-state index >= 15 is 0 Å². The molecule has 2 saturated heterocycles. The number of ether oxygens (including phenoxy) is 4. The molecule has 4 heteroatoms. The first-order valence-corrected chi connectivity index (χ1v) is 4.34. The zero-order valence-electron chi connectivity index (χ0n) is 7.19. The van der Waals surface area contributed by atoms with Crippen LogP contribution in [0, 0.1) is 0 Å². The Balaban J connectivity index is 1.99. The molecule has 0 bridgehead atoms. The van der Waals surface area contributed by atoms with Gasteiger partial charge in [-0.1, -0.05) is 6.92 Å². The normalized spacial score (nSPS) is 42.2. The van der Waals surface area contributed by atoms with Crippen LogP contribution in [0.2, 0.25) is 0 Å². The highest BCUT2D eigenvalue weighted by Gasteiger charge is 2.37. The van der Waals surface area contributed by atoms with Gasteiger partial charge in [0.2, 0.25) is 0 Å². The fourth-order valence-corrected chi connectivity index (χ4v) is 1.64. The van der Waals surface area contributed by atoms with Crippen molar-refractivity contribution in [3.05, 3.63) is 0 Å². The molecule has 0 aromatic rings. The minimum atomic E-state index is 0.0671. The third-order valence-electron chi connectivity index (χ3n) is 2.33. The summed E-state index contributed by atoms with van der Waals surface area (Å²) >= 11 is 0. The van der Waals surface area contributed by atoms with Crippen molar-refractivity contribution in [3.8, 4) is 0 Å². The summed E-state index contributed by atoms with van der Waals surface area (Å²) in [5.41, 5.74) is 0. The van der Waals surface area contributed by atoms with Gasteiger partial charge < -0.3 is 18.9 Å². The molecule has 0 amide bonds. The molecule has 0 aromatic carbocycles. The van der Waals surface area contributed by atoms with Gasteiger partial charge in [-0.25, -0.2) is 0 Å². The van der Waals surface area contributed by atoms with Crippen LogP contribution in [0.4, 0.5) is 0 Å². The Kier molecular flexibility index (Phi) is 2.60. The molecule has 2 fully saturated rings. The van der Waals surface area contributed by atoms with E-state index in [4.69, 9.17) is 18.9 Å². The fraction of sp³-hybridized carbons (Fsp3) is 1.00. The number of hydrogen-bond donors (Lipinski definition) is 0. The van der Waals surface area contributed by atoms with E-state index in [2.05, 4.69) is 6.92 Å². The van der Waals surface area contributed by atoms with Crippen LogP contribution >= 0.6 is 0 Å². The summed E-state index contributed by atoms with van der Waals surface area (Å²) in [4.78, 5) is 0. The third-order valence-corrected chi connectivity index (χ3v) is 2.33. The average Bonchev–Trinajstić information content (AvgIpc) is 2.17. The molecule has 0 spiro atoms. The zero-order chi connectivity index (χ0) is 8.39. The van der Waals surface area contributed by atoms with Crippen LogP contribution < -0.4 is 0 Å². The predicted molar refractivity (Wildman–Crippen MR) is 40.6 cm³/mol. The summed E-state index contributed by atoms with van der Waals surface area (Å²) in [7, 11) is 0. The molecule has 70 valence electrons. The maximum absolute atomic E-state index is 5.41. The Morgan fingerprint density at radius 1 is 1.17 bits per heavy atom. The molecule has 3 atom stereocenters. The monoisotopic (exact) mass is 174 g/mol. The van der Waals surface area contributed by atoms with E-state index in [0.29, 0.717) is 20.2 Å². The lowest BCUT2D eigenvalue weighted by Crippen LogP contribution is -2.52. The van der Waals surface area contributed by atoms with Crippen LogP contribution in [0.15, 0.2) is 0 Å². The second kappa shape index (κ2) is 3.70. The minimum Gasteiger partial charge on any atom is -0.353 e. The Morgan fingerprint density at radius 2 is 2.08 bits per heavy atom. The van der Waals surface area contributed by atoms with Crippen molar-refractivity contribution in [3.63, 3.8) is 0 Å². The van der Waals surface area contributed by atoms with Gasteiger partial charge in [-0.2, -0.15) is 0 Å². The van der Waals surface area contributed by atoms with Crippen molar-refractivity contribution in [2.75, 3.05) is 20.2 Å². The predicted octanol–water partition coefficient (Wildman–Crippen LogP) is 0.511. The topological polar surface area (TPSA) is 36.9 Å². The van der Waals surface area contributed by atoms with E-state index in [1.165, 1.54) is 0 Å². The standard InChI is InChI=1S/C8H14O4/c1-2-6-8-7(11-5-10-6)3-9-4-12-8/h6-8H,2-5H2,1H3/t6-,7?,8?/m0/s1. The summed E-state index contributed by atoms with van der Waals surface area (Å²) in [6.45, 7) is 3.45. The van der Waals surface area contributed by atoms with Crippen LogP contribution in [-0.2, 0) is 18.9 Å². The molecule has 2 aliphatic heterocycles. The molecule has 2 rings (SSSR count). The van der Waals surface area contributed by atoms with Crippen molar-refractivity contribution in [2.45, 2.75) is 31.7 Å². The van der Waals surface area contributed by atoms with Gasteiger partial charge in [0.15, 0.2) is 0 Å². The van der Waals surface area contributed by atoms with Gasteiger partial charge in [-0.15, -0.1) is 0 Å². The molecular formula is C8H14O4. The molecule has 2 unspecified atom stereocenters. The highest BCUT2D eigenvalue weighted by Crippen LogP contribution is 2.22. The van der Waals surface area contributed by atoms with E-state index in [-0.39, 0.29) is 18.3 Å². The molecule has 2 aliphatic rings. The lowest BCUT2D eigenvalue weighted by molar-refractivity contribution is -0.301. The van der Waals surface area contributed by atoms with E-state index in [9.17, 15) is 0 Å². The Bertz CT molecular complexity index is 141. The highest BCUT2D eigenvalue weighted by molar-refractivity contribution is 4.82. The van der Waals surface area contributed by atoms with Crippen LogP contribution in [0.25, 0.3) is 0 Å². The Hall–Kier alpha value is -0.160. The van der Waals surface area contributed by atoms with Gasteiger partial charge >= 0.3 is 0 Å². The Labute approximate surface area is 71.7 Å². The molecule has 0 aromatic heterocycles. The first-order valence-electron chi connectivity index (χ1n) is 4.34. The maximum atomic E-state index is 5.41. The quantitative estimate of drug-likeness (QED) is 0.580. The summed E-state index contributed by atoms with van der Waals surface area (Å²) in [5.74, 6) is 0. The number of hydrogen-bond acceptors (Lipinski definition) is 4. The average molecular weight is 174 g/mol. The summed E-state index contributed by atoms with van der Waals surface area (Å²) in [6.07, 6.45) is 1.27. The highest BCUT2D eigenvalue weighted by atomic mass is 16.7. The fourth-order valence-electron chi connectivity index (χ4n) is 1.64. The van der Waals surface area contributed by atoms with Crippen molar-refractivity contribution < 1.29 is 18.9 Å². The van der Waals surface area contributed by atoms with E-state index in [0.717, 1.165) is 6.42 Å². The molecule has 0 saturated carbocycles. The molecule has 0 radical (unpaired) electrons. The van der Waals surface area contributed by atoms with E-state index in [1.807, 2.05) is 0 Å². The first-order chi connectivity index (χ1) is 5.92. The molecule has 4 nitrogen and oxygen atoms in total. The third kappa shape index (κ3) is 1.47. The van der Waals surface area contributed by atoms with E-state index in [1.54, 1.807) is 0 Å². The SMILES string of the molecule is CC[C@@H]1OCOC2COCOC21. The molecule has 2 heterocycles. The maximum Gasteiger partial charge on any atom is 0.147 e. The minimum absolute atomic E-state index is 0.0671. The lowest BCUT2D eigenvalue weighted by Gasteiger charge is -2.39. The van der Waals surface area contributed by atoms with Gasteiger partial charge in [0.1, 0.15) is 25.8 Å². The summed E-state index contributed by atoms with van der Waals surface area (Å²) in [5, 5.41) is 0. The largest absolute Gasteiger partial charge is 0.353 e. The van der Waals surface area contributed by atoms with Gasteiger partial charge in [0, 0.05) is 0 Å². The number of rotatable bonds is 1. The molecule has 12 heavy (non-hydrogen) atoms. The summed E-state index contributed by atoms with van der Waals surface area (Å²) in [6, 6.07) is 0. The van der Waals surface area contributed by atoms with Crippen LogP contribution in [0.3, 0.4) is 0 Å². The number of fused-ring (bicyclic) bond motifs is 1. The summed E-state index contributed by atoms with van der Waals surface area (Å²) < 4.78 is 21.3. The van der Waals surface area contributed by atoms with Gasteiger partial charge in [0.05, 0.1) is 12.7 Å². The van der Waals surface area contributed by atoms with E-state index < -0.39 is 0 Å². The van der Waals surface area contributed by atoms with Crippen LogP contribution in [-0.4, -0.2) is 38.5 Å². The Morgan fingerprint density at radius 3 is 2.92 bits per heavy atom. The van der Waals surface area contributed by atoms with Gasteiger partial charge in [0.25, 0.3) is 0 Å².